The van der Waals surface area contributed by atoms with E-state index in [4.69, 9.17) is 0 Å². The Bertz CT molecular complexity index is 440. The maximum Gasteiger partial charge on any atom is 0.0837 e. The van der Waals surface area contributed by atoms with E-state index in [0.29, 0.717) is 11.8 Å². The summed E-state index contributed by atoms with van der Waals surface area (Å²) in [6.45, 7) is 11.4. The molecule has 2 rings (SSSR count). The summed E-state index contributed by atoms with van der Waals surface area (Å²) in [7, 11) is 1.91. The highest BCUT2D eigenvalue weighted by molar-refractivity contribution is 5.17. The zero-order valence-electron chi connectivity index (χ0n) is 12.2. The van der Waals surface area contributed by atoms with Gasteiger partial charge in [-0.25, -0.2) is 0 Å². The van der Waals surface area contributed by atoms with Crippen molar-refractivity contribution < 1.29 is 0 Å². The Morgan fingerprint density at radius 1 is 1.17 bits per heavy atom. The number of hydrogen-bond donors (Lipinski definition) is 0. The lowest BCUT2D eigenvalue weighted by Gasteiger charge is -2.03. The standard InChI is InChI=1S/C7H12N2.C6H11N3/c1-5(2)7-4-8-9-6(7)3;1-5(2)6-4-7-8-9(6)3/h5H,4H2,1-3H3;4-5H,1-3H3. The molecule has 100 valence electrons. The van der Waals surface area contributed by atoms with E-state index in [0.717, 1.165) is 12.2 Å². The zero-order chi connectivity index (χ0) is 13.7. The van der Waals surface area contributed by atoms with Crippen LogP contribution in [-0.4, -0.2) is 21.5 Å². The fourth-order valence-corrected chi connectivity index (χ4v) is 1.82. The topological polar surface area (TPSA) is 55.4 Å². The molecule has 5 heteroatoms. The molecular weight excluding hydrogens is 226 g/mol. The number of allylic oxidation sites excluding steroid dienone is 1. The van der Waals surface area contributed by atoms with Crippen LogP contribution in [0.15, 0.2) is 27.7 Å². The predicted molar refractivity (Wildman–Crippen MR) is 72.4 cm³/mol. The molecule has 0 N–H and O–H groups in total. The summed E-state index contributed by atoms with van der Waals surface area (Å²) in [5.41, 5.74) is 3.68. The second-order valence-electron chi connectivity index (χ2n) is 5.10. The van der Waals surface area contributed by atoms with Crippen LogP contribution in [0.3, 0.4) is 0 Å². The molecule has 2 heterocycles. The highest BCUT2D eigenvalue weighted by atomic mass is 15.4. The molecule has 18 heavy (non-hydrogen) atoms. The molecule has 0 saturated heterocycles. The van der Waals surface area contributed by atoms with Crippen molar-refractivity contribution in [2.45, 2.75) is 40.5 Å². The summed E-state index contributed by atoms with van der Waals surface area (Å²) in [4.78, 5) is 0. The fourth-order valence-electron chi connectivity index (χ4n) is 1.82. The highest BCUT2D eigenvalue weighted by Crippen LogP contribution is 2.20. The van der Waals surface area contributed by atoms with Crippen LogP contribution >= 0.6 is 0 Å². The summed E-state index contributed by atoms with van der Waals surface area (Å²) in [5.74, 6) is 1.13. The lowest BCUT2D eigenvalue weighted by molar-refractivity contribution is 0.648. The smallest absolute Gasteiger partial charge is 0.0837 e. The van der Waals surface area contributed by atoms with Gasteiger partial charge in [-0.1, -0.05) is 32.9 Å². The Balaban J connectivity index is 0.000000180. The molecule has 0 spiro atoms. The van der Waals surface area contributed by atoms with Crippen molar-refractivity contribution in [2.75, 3.05) is 6.54 Å². The van der Waals surface area contributed by atoms with E-state index in [1.807, 2.05) is 14.0 Å². The van der Waals surface area contributed by atoms with Crippen LogP contribution in [0, 0.1) is 5.92 Å². The van der Waals surface area contributed by atoms with Gasteiger partial charge in [-0.3, -0.25) is 4.68 Å². The monoisotopic (exact) mass is 249 g/mol. The Kier molecular flexibility index (Phi) is 5.19. The van der Waals surface area contributed by atoms with Gasteiger partial charge in [-0.2, -0.15) is 10.2 Å². The number of aromatic nitrogens is 3. The maximum atomic E-state index is 3.94. The number of hydrogen-bond acceptors (Lipinski definition) is 4. The van der Waals surface area contributed by atoms with Gasteiger partial charge in [0, 0.05) is 7.05 Å². The Morgan fingerprint density at radius 2 is 1.83 bits per heavy atom. The van der Waals surface area contributed by atoms with E-state index in [1.54, 1.807) is 10.9 Å². The molecule has 1 aliphatic rings. The third kappa shape index (κ3) is 3.75. The van der Waals surface area contributed by atoms with Crippen LogP contribution < -0.4 is 0 Å². The van der Waals surface area contributed by atoms with E-state index >= 15 is 0 Å². The molecule has 0 amide bonds. The normalized spacial score (nSPS) is 14.4. The van der Waals surface area contributed by atoms with Gasteiger partial charge in [0.25, 0.3) is 0 Å². The summed E-state index contributed by atoms with van der Waals surface area (Å²) in [6, 6.07) is 0. The summed E-state index contributed by atoms with van der Waals surface area (Å²) >= 11 is 0. The molecule has 0 aromatic carbocycles. The average Bonchev–Trinajstić information content (AvgIpc) is 2.87. The third-order valence-electron chi connectivity index (χ3n) is 2.96. The Morgan fingerprint density at radius 3 is 2.06 bits per heavy atom. The minimum absolute atomic E-state index is 0.519. The van der Waals surface area contributed by atoms with Crippen LogP contribution in [-0.2, 0) is 7.05 Å². The Labute approximate surface area is 109 Å². The summed E-state index contributed by atoms with van der Waals surface area (Å²) in [6.07, 6.45) is 1.80. The number of nitrogens with zero attached hydrogens (tertiary/aromatic N) is 5. The van der Waals surface area contributed by atoms with Gasteiger partial charge in [-0.05, 0) is 24.3 Å². The minimum Gasteiger partial charge on any atom is -0.252 e. The first-order chi connectivity index (χ1) is 8.43. The van der Waals surface area contributed by atoms with Crippen molar-refractivity contribution in [3.05, 3.63) is 23.2 Å². The quantitative estimate of drug-likeness (QED) is 0.807. The molecule has 0 bridgehead atoms. The first kappa shape index (κ1) is 14.5. The molecule has 1 aromatic heterocycles. The van der Waals surface area contributed by atoms with E-state index in [1.165, 1.54) is 11.3 Å². The Hall–Kier alpha value is -1.52. The average molecular weight is 249 g/mol. The van der Waals surface area contributed by atoms with Crippen LogP contribution in [0.25, 0.3) is 0 Å². The van der Waals surface area contributed by atoms with Crippen molar-refractivity contribution >= 4 is 0 Å². The van der Waals surface area contributed by atoms with E-state index < -0.39 is 0 Å². The minimum atomic E-state index is 0.519. The predicted octanol–water partition coefficient (Wildman–Crippen LogP) is 3.32. The van der Waals surface area contributed by atoms with Crippen molar-refractivity contribution in [3.8, 4) is 0 Å². The lowest BCUT2D eigenvalue weighted by atomic mass is 10.0. The first-order valence-electron chi connectivity index (χ1n) is 6.35. The number of azo groups is 1. The van der Waals surface area contributed by atoms with E-state index in [-0.39, 0.29) is 0 Å². The second kappa shape index (κ2) is 6.42. The fraction of sp³-hybridized carbons (Fsp3) is 0.692. The van der Waals surface area contributed by atoms with Crippen molar-refractivity contribution in [2.24, 2.45) is 23.2 Å². The van der Waals surface area contributed by atoms with Crippen molar-refractivity contribution in [3.63, 3.8) is 0 Å². The largest absolute Gasteiger partial charge is 0.252 e. The number of rotatable bonds is 2. The van der Waals surface area contributed by atoms with Crippen LogP contribution in [0.5, 0.6) is 0 Å². The molecule has 0 unspecified atom stereocenters. The molecule has 0 saturated carbocycles. The van der Waals surface area contributed by atoms with Crippen molar-refractivity contribution in [1.82, 2.24) is 15.0 Å². The first-order valence-corrected chi connectivity index (χ1v) is 6.35. The zero-order valence-corrected chi connectivity index (χ0v) is 12.2. The lowest BCUT2D eigenvalue weighted by Crippen LogP contribution is -1.99. The van der Waals surface area contributed by atoms with Crippen LogP contribution in [0.4, 0.5) is 0 Å². The third-order valence-corrected chi connectivity index (χ3v) is 2.96. The highest BCUT2D eigenvalue weighted by Gasteiger charge is 2.10. The molecule has 0 aliphatic carbocycles. The molecule has 1 aromatic rings. The van der Waals surface area contributed by atoms with Gasteiger partial charge < -0.3 is 0 Å². The summed E-state index contributed by atoms with van der Waals surface area (Å²) in [5, 5.41) is 15.4. The van der Waals surface area contributed by atoms with Crippen molar-refractivity contribution in [1.29, 1.82) is 0 Å². The molecule has 0 atom stereocenters. The van der Waals surface area contributed by atoms with E-state index in [2.05, 4.69) is 48.2 Å². The SMILES string of the molecule is CC(C)c1cnnn1C.CC1=C(C(C)C)CN=N1. The maximum absolute atomic E-state index is 3.94. The van der Waals surface area contributed by atoms with Gasteiger partial charge in [0.05, 0.1) is 24.1 Å². The molecule has 5 nitrogen and oxygen atoms in total. The van der Waals surface area contributed by atoms with Crippen LogP contribution in [0.1, 0.15) is 46.2 Å². The molecule has 1 aliphatic heterocycles. The molecule has 0 fully saturated rings. The summed E-state index contributed by atoms with van der Waals surface area (Å²) < 4.78 is 1.80. The van der Waals surface area contributed by atoms with Crippen LogP contribution in [0.2, 0.25) is 0 Å². The van der Waals surface area contributed by atoms with Gasteiger partial charge in [0.15, 0.2) is 0 Å². The molecular formula is C13H23N5. The van der Waals surface area contributed by atoms with Gasteiger partial charge in [0.1, 0.15) is 0 Å². The van der Waals surface area contributed by atoms with Gasteiger partial charge in [0.2, 0.25) is 0 Å². The second-order valence-corrected chi connectivity index (χ2v) is 5.10. The number of aryl methyl sites for hydroxylation is 1. The van der Waals surface area contributed by atoms with Gasteiger partial charge >= 0.3 is 0 Å². The van der Waals surface area contributed by atoms with E-state index in [9.17, 15) is 0 Å². The molecule has 0 radical (unpaired) electrons. The van der Waals surface area contributed by atoms with Gasteiger partial charge in [-0.15, -0.1) is 5.10 Å².